The first kappa shape index (κ1) is 9.59. The van der Waals surface area contributed by atoms with Gasteiger partial charge in [0, 0.05) is 5.92 Å². The molecule has 2 saturated carbocycles. The lowest BCUT2D eigenvalue weighted by molar-refractivity contribution is -0.145. The number of ether oxygens (including phenoxy) is 1. The van der Waals surface area contributed by atoms with E-state index in [0.717, 1.165) is 12.8 Å². The second-order valence-electron chi connectivity index (χ2n) is 4.62. The Morgan fingerprint density at radius 1 is 1.47 bits per heavy atom. The predicted octanol–water partition coefficient (Wildman–Crippen LogP) is 0.0567. The van der Waals surface area contributed by atoms with Crippen LogP contribution in [0.2, 0.25) is 0 Å². The Morgan fingerprint density at radius 2 is 2.20 bits per heavy atom. The number of methoxy groups -OCH3 is 1. The van der Waals surface area contributed by atoms with Crippen molar-refractivity contribution in [3.8, 4) is 0 Å². The molecule has 5 nitrogen and oxygen atoms in total. The molecule has 15 heavy (non-hydrogen) atoms. The topological polar surface area (TPSA) is 69.7 Å². The van der Waals surface area contributed by atoms with Gasteiger partial charge in [0.1, 0.15) is 0 Å². The van der Waals surface area contributed by atoms with Crippen LogP contribution >= 0.6 is 0 Å². The molecule has 0 spiro atoms. The summed E-state index contributed by atoms with van der Waals surface area (Å²) in [6, 6.07) is 0. The fourth-order valence-electron chi connectivity index (χ4n) is 3.49. The molecule has 3 fully saturated rings. The Kier molecular flexibility index (Phi) is 1.63. The average Bonchev–Trinajstić information content (AvgIpc) is 2.74. The molecular weight excluding hydrogens is 220 g/mol. The van der Waals surface area contributed by atoms with Crippen LogP contribution in [0.4, 0.5) is 0 Å². The standard InChI is InChI=1S/C9H12O5S/c1-13-8(10)9-4-5-2-6(9)7(3-5)14-15(9,11)12/h5-7H,2-4H2,1H3. The highest BCUT2D eigenvalue weighted by molar-refractivity contribution is 7.89. The first-order chi connectivity index (χ1) is 7.01. The Balaban J connectivity index is 2.17. The van der Waals surface area contributed by atoms with E-state index >= 15 is 0 Å². The van der Waals surface area contributed by atoms with Crippen LogP contribution in [0.5, 0.6) is 0 Å². The zero-order chi connectivity index (χ0) is 10.8. The van der Waals surface area contributed by atoms with Gasteiger partial charge in [0.15, 0.2) is 4.75 Å². The number of fused-ring (bicyclic) bond motifs is 1. The zero-order valence-electron chi connectivity index (χ0n) is 8.30. The van der Waals surface area contributed by atoms with Crippen molar-refractivity contribution in [2.75, 3.05) is 7.11 Å². The Morgan fingerprint density at radius 3 is 2.80 bits per heavy atom. The third-order valence-electron chi connectivity index (χ3n) is 4.02. The van der Waals surface area contributed by atoms with Crippen LogP contribution in [-0.4, -0.2) is 32.3 Å². The van der Waals surface area contributed by atoms with Crippen molar-refractivity contribution in [2.45, 2.75) is 30.1 Å². The number of hydrogen-bond acceptors (Lipinski definition) is 5. The van der Waals surface area contributed by atoms with Crippen molar-refractivity contribution in [2.24, 2.45) is 11.8 Å². The van der Waals surface area contributed by atoms with E-state index in [1.54, 1.807) is 0 Å². The minimum Gasteiger partial charge on any atom is -0.468 e. The van der Waals surface area contributed by atoms with E-state index in [2.05, 4.69) is 4.74 Å². The number of carbonyl (C=O) groups excluding carboxylic acids is 1. The molecule has 0 aromatic rings. The molecule has 1 heterocycles. The average molecular weight is 232 g/mol. The maximum atomic E-state index is 11.9. The molecule has 4 atom stereocenters. The fourth-order valence-corrected chi connectivity index (χ4v) is 5.55. The summed E-state index contributed by atoms with van der Waals surface area (Å²) in [5, 5.41) is 0. The van der Waals surface area contributed by atoms with Gasteiger partial charge in [-0.2, -0.15) is 8.42 Å². The SMILES string of the molecule is COC(=O)C12CC3CC(OS1(=O)=O)C2C3. The van der Waals surface area contributed by atoms with E-state index in [9.17, 15) is 13.2 Å². The summed E-state index contributed by atoms with van der Waals surface area (Å²) < 4.78 is 32.0. The molecule has 6 heteroatoms. The Hall–Kier alpha value is -0.620. The Labute approximate surface area is 87.9 Å². The van der Waals surface area contributed by atoms with Gasteiger partial charge in [-0.05, 0) is 25.2 Å². The van der Waals surface area contributed by atoms with E-state index in [4.69, 9.17) is 4.18 Å². The van der Waals surface area contributed by atoms with Crippen molar-refractivity contribution in [1.82, 2.24) is 0 Å². The second-order valence-corrected chi connectivity index (χ2v) is 6.45. The molecule has 4 unspecified atom stereocenters. The highest BCUT2D eigenvalue weighted by Crippen LogP contribution is 2.61. The van der Waals surface area contributed by atoms with Gasteiger partial charge in [-0.3, -0.25) is 8.98 Å². The summed E-state index contributed by atoms with van der Waals surface area (Å²) in [4.78, 5) is 11.7. The van der Waals surface area contributed by atoms with Gasteiger partial charge >= 0.3 is 5.97 Å². The lowest BCUT2D eigenvalue weighted by Gasteiger charge is -2.25. The van der Waals surface area contributed by atoms with Gasteiger partial charge < -0.3 is 4.74 Å². The molecule has 3 rings (SSSR count). The molecule has 3 aliphatic rings. The quantitative estimate of drug-likeness (QED) is 0.472. The van der Waals surface area contributed by atoms with Gasteiger partial charge in [-0.15, -0.1) is 0 Å². The maximum absolute atomic E-state index is 11.9. The van der Waals surface area contributed by atoms with Crippen molar-refractivity contribution >= 4 is 16.1 Å². The predicted molar refractivity (Wildman–Crippen MR) is 49.4 cm³/mol. The van der Waals surface area contributed by atoms with Crippen LogP contribution in [0.25, 0.3) is 0 Å². The molecule has 0 radical (unpaired) electrons. The van der Waals surface area contributed by atoms with Gasteiger partial charge in [-0.1, -0.05) is 0 Å². The summed E-state index contributed by atoms with van der Waals surface area (Å²) in [5.41, 5.74) is 0. The van der Waals surface area contributed by atoms with Crippen molar-refractivity contribution < 1.29 is 22.1 Å². The first-order valence-electron chi connectivity index (χ1n) is 5.02. The number of rotatable bonds is 1. The fraction of sp³-hybridized carbons (Fsp3) is 0.889. The third kappa shape index (κ3) is 0.880. The monoisotopic (exact) mass is 232 g/mol. The summed E-state index contributed by atoms with van der Waals surface area (Å²) >= 11 is 0. The minimum atomic E-state index is -3.78. The van der Waals surface area contributed by atoms with Crippen molar-refractivity contribution in [1.29, 1.82) is 0 Å². The van der Waals surface area contributed by atoms with E-state index in [-0.39, 0.29) is 12.0 Å². The van der Waals surface area contributed by atoms with Crippen LogP contribution in [0.1, 0.15) is 19.3 Å². The van der Waals surface area contributed by atoms with Crippen LogP contribution in [-0.2, 0) is 23.8 Å². The number of esters is 1. The van der Waals surface area contributed by atoms with E-state index in [1.165, 1.54) is 7.11 Å². The largest absolute Gasteiger partial charge is 0.468 e. The van der Waals surface area contributed by atoms with Crippen molar-refractivity contribution in [3.05, 3.63) is 0 Å². The smallest absolute Gasteiger partial charge is 0.330 e. The molecule has 0 aromatic heterocycles. The van der Waals surface area contributed by atoms with Gasteiger partial charge in [-0.25, -0.2) is 0 Å². The molecule has 2 bridgehead atoms. The lowest BCUT2D eigenvalue weighted by atomic mass is 9.86. The van der Waals surface area contributed by atoms with E-state index in [1.807, 2.05) is 0 Å². The van der Waals surface area contributed by atoms with Gasteiger partial charge in [0.25, 0.3) is 10.1 Å². The van der Waals surface area contributed by atoms with Gasteiger partial charge in [0.05, 0.1) is 13.2 Å². The van der Waals surface area contributed by atoms with Crippen LogP contribution in [0.3, 0.4) is 0 Å². The lowest BCUT2D eigenvalue weighted by Crippen LogP contribution is -2.47. The molecule has 0 N–H and O–H groups in total. The Bertz CT molecular complexity index is 428. The molecule has 1 saturated heterocycles. The first-order valence-corrected chi connectivity index (χ1v) is 6.43. The highest BCUT2D eigenvalue weighted by Gasteiger charge is 2.73. The number of hydrogen-bond donors (Lipinski definition) is 0. The highest BCUT2D eigenvalue weighted by atomic mass is 32.2. The molecule has 0 aromatic carbocycles. The van der Waals surface area contributed by atoms with E-state index < -0.39 is 20.8 Å². The van der Waals surface area contributed by atoms with Crippen molar-refractivity contribution in [3.63, 3.8) is 0 Å². The summed E-state index contributed by atoms with van der Waals surface area (Å²) in [6.45, 7) is 0. The maximum Gasteiger partial charge on any atom is 0.330 e. The summed E-state index contributed by atoms with van der Waals surface area (Å²) in [7, 11) is -2.55. The molecule has 2 aliphatic carbocycles. The summed E-state index contributed by atoms with van der Waals surface area (Å²) in [5.74, 6) is -0.520. The second kappa shape index (κ2) is 2.55. The summed E-state index contributed by atoms with van der Waals surface area (Å²) in [6.07, 6.45) is 1.64. The van der Waals surface area contributed by atoms with Crippen LogP contribution in [0.15, 0.2) is 0 Å². The van der Waals surface area contributed by atoms with Crippen LogP contribution < -0.4 is 0 Å². The van der Waals surface area contributed by atoms with E-state index in [0.29, 0.717) is 12.3 Å². The molecule has 0 amide bonds. The minimum absolute atomic E-state index is 0.181. The molecular formula is C9H12O5S. The van der Waals surface area contributed by atoms with Gasteiger partial charge in [0.2, 0.25) is 0 Å². The molecule has 1 aliphatic heterocycles. The third-order valence-corrected chi connectivity index (χ3v) is 6.05. The number of carbonyl (C=O) groups is 1. The zero-order valence-corrected chi connectivity index (χ0v) is 9.12. The normalized spacial score (nSPS) is 49.5. The molecule has 84 valence electrons. The van der Waals surface area contributed by atoms with Crippen LogP contribution in [0, 0.1) is 11.8 Å².